The lowest BCUT2D eigenvalue weighted by Crippen LogP contribution is -2.62. The zero-order valence-electron chi connectivity index (χ0n) is 13.4. The van der Waals surface area contributed by atoms with Gasteiger partial charge in [0.15, 0.2) is 0 Å². The molecule has 1 unspecified atom stereocenters. The Labute approximate surface area is 132 Å². The van der Waals surface area contributed by atoms with Crippen molar-refractivity contribution in [2.24, 2.45) is 0 Å². The van der Waals surface area contributed by atoms with Crippen LogP contribution in [0, 0.1) is 0 Å². The maximum atomic E-state index is 11.9. The van der Waals surface area contributed by atoms with Crippen LogP contribution >= 0.6 is 0 Å². The monoisotopic (exact) mass is 315 g/mol. The molecule has 0 amide bonds. The summed E-state index contributed by atoms with van der Waals surface area (Å²) in [7, 11) is 0. The molecule has 3 N–H and O–H groups in total. The zero-order chi connectivity index (χ0) is 16.1. The Morgan fingerprint density at radius 1 is 1.14 bits per heavy atom. The Balaban J connectivity index is 1.76. The number of unbranched alkanes of at least 4 members (excludes halogenated alkanes) is 4. The zero-order valence-corrected chi connectivity index (χ0v) is 13.4. The van der Waals surface area contributed by atoms with Gasteiger partial charge >= 0.3 is 5.97 Å². The van der Waals surface area contributed by atoms with E-state index >= 15 is 0 Å². The first-order valence-electron chi connectivity index (χ1n) is 8.52. The number of aliphatic hydroxyl groups is 3. The number of carbonyl (C=O) groups is 1. The van der Waals surface area contributed by atoms with Crippen LogP contribution in [0.2, 0.25) is 0 Å². The van der Waals surface area contributed by atoms with Crippen molar-refractivity contribution in [2.45, 2.75) is 82.3 Å². The number of hydrogen-bond acceptors (Lipinski definition) is 6. The molecule has 0 spiro atoms. The molecular formula is C16H29NO5. The van der Waals surface area contributed by atoms with Gasteiger partial charge in [-0.1, -0.05) is 32.6 Å². The average Bonchev–Trinajstić information content (AvgIpc) is 2.85. The van der Waals surface area contributed by atoms with Crippen molar-refractivity contribution in [3.05, 3.63) is 0 Å². The molecule has 2 aliphatic rings. The minimum atomic E-state index is -1.13. The molecule has 2 heterocycles. The molecular weight excluding hydrogens is 286 g/mol. The van der Waals surface area contributed by atoms with Crippen LogP contribution < -0.4 is 0 Å². The van der Waals surface area contributed by atoms with Gasteiger partial charge in [-0.3, -0.25) is 9.69 Å². The van der Waals surface area contributed by atoms with E-state index in [1.807, 2.05) is 4.90 Å². The number of nitrogens with zero attached hydrogens (tertiary/aromatic N) is 1. The van der Waals surface area contributed by atoms with Gasteiger partial charge in [-0.25, -0.2) is 0 Å². The predicted octanol–water partition coefficient (Wildman–Crippen LogP) is 0.429. The summed E-state index contributed by atoms with van der Waals surface area (Å²) >= 11 is 0. The molecule has 2 fully saturated rings. The number of carbonyl (C=O) groups excluding carboxylic acids is 1. The van der Waals surface area contributed by atoms with Crippen LogP contribution in [0.1, 0.15) is 51.9 Å². The maximum absolute atomic E-state index is 11.9. The first-order valence-corrected chi connectivity index (χ1v) is 8.52. The molecule has 0 aromatic rings. The molecule has 2 rings (SSSR count). The van der Waals surface area contributed by atoms with Crippen molar-refractivity contribution in [1.29, 1.82) is 0 Å². The maximum Gasteiger partial charge on any atom is 0.306 e. The van der Waals surface area contributed by atoms with Gasteiger partial charge in [0.2, 0.25) is 0 Å². The van der Waals surface area contributed by atoms with Crippen LogP contribution in [-0.4, -0.2) is 69.7 Å². The van der Waals surface area contributed by atoms with Crippen LogP contribution in [0.25, 0.3) is 0 Å². The number of esters is 1. The van der Waals surface area contributed by atoms with E-state index in [1.165, 1.54) is 12.8 Å². The second kappa shape index (κ2) is 8.24. The van der Waals surface area contributed by atoms with Crippen LogP contribution in [0.15, 0.2) is 0 Å². The topological polar surface area (TPSA) is 90.2 Å². The van der Waals surface area contributed by atoms with Crippen molar-refractivity contribution in [3.63, 3.8) is 0 Å². The van der Waals surface area contributed by atoms with Crippen LogP contribution in [0.4, 0.5) is 0 Å². The lowest BCUT2D eigenvalue weighted by atomic mass is 9.93. The van der Waals surface area contributed by atoms with Gasteiger partial charge in [-0.2, -0.15) is 0 Å². The number of rotatable bonds is 7. The molecule has 0 saturated carbocycles. The fourth-order valence-corrected chi connectivity index (χ4v) is 3.49. The molecule has 6 heteroatoms. The van der Waals surface area contributed by atoms with Gasteiger partial charge in [-0.15, -0.1) is 0 Å². The van der Waals surface area contributed by atoms with E-state index in [-0.39, 0.29) is 5.97 Å². The second-order valence-electron chi connectivity index (χ2n) is 6.52. The fraction of sp³-hybridized carbons (Fsp3) is 0.938. The normalized spacial score (nSPS) is 35.4. The Kier molecular flexibility index (Phi) is 6.62. The minimum absolute atomic E-state index is 0.314. The molecule has 128 valence electrons. The van der Waals surface area contributed by atoms with Crippen LogP contribution in [0.3, 0.4) is 0 Å². The highest BCUT2D eigenvalue weighted by Crippen LogP contribution is 2.29. The van der Waals surface area contributed by atoms with E-state index in [2.05, 4.69) is 6.92 Å². The minimum Gasteiger partial charge on any atom is -0.458 e. The number of fused-ring (bicyclic) bond motifs is 1. The Hall–Kier alpha value is -0.690. The Bertz CT molecular complexity index is 364. The molecule has 0 radical (unpaired) electrons. The quantitative estimate of drug-likeness (QED) is 0.466. The van der Waals surface area contributed by atoms with E-state index in [0.717, 1.165) is 19.3 Å². The van der Waals surface area contributed by atoms with Crippen LogP contribution in [0.5, 0.6) is 0 Å². The van der Waals surface area contributed by atoms with E-state index in [1.54, 1.807) is 0 Å². The first-order chi connectivity index (χ1) is 10.5. The summed E-state index contributed by atoms with van der Waals surface area (Å²) in [5.74, 6) is -0.314. The molecule has 0 aromatic heterocycles. The van der Waals surface area contributed by atoms with Gasteiger partial charge in [0.25, 0.3) is 0 Å². The Morgan fingerprint density at radius 3 is 2.59 bits per heavy atom. The average molecular weight is 315 g/mol. The van der Waals surface area contributed by atoms with E-state index in [4.69, 9.17) is 4.74 Å². The molecule has 6 nitrogen and oxygen atoms in total. The van der Waals surface area contributed by atoms with Crippen molar-refractivity contribution >= 4 is 5.97 Å². The third-order valence-corrected chi connectivity index (χ3v) is 4.79. The molecule has 5 atom stereocenters. The molecule has 0 aliphatic carbocycles. The smallest absolute Gasteiger partial charge is 0.306 e. The van der Waals surface area contributed by atoms with Gasteiger partial charge in [0.05, 0.1) is 12.1 Å². The van der Waals surface area contributed by atoms with Gasteiger partial charge < -0.3 is 20.1 Å². The standard InChI is InChI=1S/C16H29NO5/c1-2-3-4-5-6-7-13(19)22-12-10-17-9-8-11(18)14(17)16(21)15(12)20/h11-12,14-16,18,20-21H,2-10H2,1H3/t11-,12-,14?,15+,16+/m0/s1. The summed E-state index contributed by atoms with van der Waals surface area (Å²) in [6.07, 6.45) is 2.68. The number of piperidine rings is 1. The van der Waals surface area contributed by atoms with Crippen molar-refractivity contribution in [3.8, 4) is 0 Å². The summed E-state index contributed by atoms with van der Waals surface area (Å²) in [5, 5.41) is 30.1. The summed E-state index contributed by atoms with van der Waals surface area (Å²) in [4.78, 5) is 13.8. The van der Waals surface area contributed by atoms with Gasteiger partial charge in [0.1, 0.15) is 18.3 Å². The lowest BCUT2D eigenvalue weighted by molar-refractivity contribution is -0.179. The summed E-state index contributed by atoms with van der Waals surface area (Å²) in [6, 6.07) is -0.445. The number of hydrogen-bond donors (Lipinski definition) is 3. The Morgan fingerprint density at radius 2 is 1.86 bits per heavy atom. The van der Waals surface area contributed by atoms with Gasteiger partial charge in [0, 0.05) is 19.5 Å². The predicted molar refractivity (Wildman–Crippen MR) is 81.3 cm³/mol. The van der Waals surface area contributed by atoms with E-state index in [9.17, 15) is 20.1 Å². The third-order valence-electron chi connectivity index (χ3n) is 4.79. The molecule has 0 bridgehead atoms. The number of ether oxygens (including phenoxy) is 1. The highest BCUT2D eigenvalue weighted by atomic mass is 16.6. The molecule has 2 saturated heterocycles. The fourth-order valence-electron chi connectivity index (χ4n) is 3.49. The summed E-state index contributed by atoms with van der Waals surface area (Å²) in [5.41, 5.74) is 0. The first kappa shape index (κ1) is 17.7. The van der Waals surface area contributed by atoms with Gasteiger partial charge in [-0.05, 0) is 12.8 Å². The molecule has 0 aromatic carbocycles. The summed E-state index contributed by atoms with van der Waals surface area (Å²) in [6.45, 7) is 3.18. The van der Waals surface area contributed by atoms with Crippen molar-refractivity contribution < 1.29 is 24.9 Å². The second-order valence-corrected chi connectivity index (χ2v) is 6.52. The highest BCUT2D eigenvalue weighted by Gasteiger charge is 2.49. The highest BCUT2D eigenvalue weighted by molar-refractivity contribution is 5.69. The molecule has 22 heavy (non-hydrogen) atoms. The van der Waals surface area contributed by atoms with E-state index < -0.39 is 30.5 Å². The van der Waals surface area contributed by atoms with Crippen molar-refractivity contribution in [1.82, 2.24) is 4.90 Å². The lowest BCUT2D eigenvalue weighted by Gasteiger charge is -2.42. The number of aliphatic hydroxyl groups excluding tert-OH is 3. The molecule has 2 aliphatic heterocycles. The van der Waals surface area contributed by atoms with Crippen molar-refractivity contribution in [2.75, 3.05) is 13.1 Å². The third kappa shape index (κ3) is 4.19. The van der Waals surface area contributed by atoms with E-state index in [0.29, 0.717) is 25.9 Å². The van der Waals surface area contributed by atoms with Crippen LogP contribution in [-0.2, 0) is 9.53 Å². The summed E-state index contributed by atoms with van der Waals surface area (Å²) < 4.78 is 5.35. The SMILES string of the molecule is CCCCCCCC(=O)O[C@H]1CN2CC[C@H](O)C2[C@@H](O)[C@@H]1O. The largest absolute Gasteiger partial charge is 0.458 e.